The number of para-hydroxylation sites is 1. The van der Waals surface area contributed by atoms with Gasteiger partial charge in [-0.25, -0.2) is 8.42 Å². The third-order valence-corrected chi connectivity index (χ3v) is 5.22. The third kappa shape index (κ3) is 3.94. The first kappa shape index (κ1) is 14.3. The van der Waals surface area contributed by atoms with Gasteiger partial charge in [-0.05, 0) is 31.9 Å². The van der Waals surface area contributed by atoms with Crippen molar-refractivity contribution in [3.05, 3.63) is 29.8 Å². The molecule has 0 spiro atoms. The maximum absolute atomic E-state index is 12.2. The minimum atomic E-state index is -3.16. The number of hydrogen-bond acceptors (Lipinski definition) is 4. The minimum absolute atomic E-state index is 0.0114. The van der Waals surface area contributed by atoms with Crippen LogP contribution in [-0.2, 0) is 9.84 Å². The lowest BCUT2D eigenvalue weighted by Gasteiger charge is -2.27. The molecule has 2 rings (SSSR count). The fourth-order valence-corrected chi connectivity index (χ4v) is 4.73. The van der Waals surface area contributed by atoms with Gasteiger partial charge in [0.2, 0.25) is 0 Å². The summed E-state index contributed by atoms with van der Waals surface area (Å²) in [5, 5.41) is 0. The van der Waals surface area contributed by atoms with E-state index in [-0.39, 0.29) is 17.4 Å². The smallest absolute Gasteiger partial charge is 0.152 e. The molecule has 0 radical (unpaired) electrons. The van der Waals surface area contributed by atoms with Crippen molar-refractivity contribution < 1.29 is 13.2 Å². The molecule has 1 heterocycles. The number of hydrogen-bond donors (Lipinski definition) is 1. The number of rotatable bonds is 4. The van der Waals surface area contributed by atoms with E-state index in [1.54, 1.807) is 13.8 Å². The number of ether oxygens (including phenoxy) is 1. The zero-order valence-electron chi connectivity index (χ0n) is 11.4. The molecule has 5 heteroatoms. The molecule has 1 aliphatic rings. The van der Waals surface area contributed by atoms with Crippen LogP contribution in [0, 0.1) is 0 Å². The summed E-state index contributed by atoms with van der Waals surface area (Å²) in [5.74, 6) is 0.978. The number of nitrogens with two attached hydrogens (primary N) is 1. The molecule has 1 aromatic rings. The molecular weight excluding hydrogens is 262 g/mol. The molecule has 0 bridgehead atoms. The third-order valence-electron chi connectivity index (χ3n) is 3.13. The Hall–Kier alpha value is -1.07. The second-order valence-electron chi connectivity index (χ2n) is 5.92. The Labute approximate surface area is 114 Å². The van der Waals surface area contributed by atoms with Crippen molar-refractivity contribution in [3.8, 4) is 5.75 Å². The van der Waals surface area contributed by atoms with E-state index < -0.39 is 15.4 Å². The Bertz CT molecular complexity index is 546. The van der Waals surface area contributed by atoms with E-state index in [4.69, 9.17) is 10.5 Å². The highest BCUT2D eigenvalue weighted by atomic mass is 32.2. The molecule has 0 saturated heterocycles. The van der Waals surface area contributed by atoms with Crippen LogP contribution in [-0.4, -0.2) is 32.1 Å². The molecule has 1 aromatic carbocycles. The van der Waals surface area contributed by atoms with Crippen LogP contribution in [0.15, 0.2) is 24.3 Å². The first-order chi connectivity index (χ1) is 8.77. The first-order valence-electron chi connectivity index (χ1n) is 6.48. The van der Waals surface area contributed by atoms with Gasteiger partial charge in [0, 0.05) is 11.5 Å². The van der Waals surface area contributed by atoms with Gasteiger partial charge in [-0.2, -0.15) is 0 Å². The summed E-state index contributed by atoms with van der Waals surface area (Å²) in [6, 6.07) is 7.65. The summed E-state index contributed by atoms with van der Waals surface area (Å²) in [7, 11) is -3.16. The van der Waals surface area contributed by atoms with Crippen molar-refractivity contribution in [2.24, 2.45) is 5.73 Å². The molecule has 4 nitrogen and oxygen atoms in total. The van der Waals surface area contributed by atoms with Crippen LogP contribution in [0.5, 0.6) is 5.75 Å². The monoisotopic (exact) mass is 283 g/mol. The zero-order valence-corrected chi connectivity index (χ0v) is 12.2. The Morgan fingerprint density at radius 3 is 2.74 bits per heavy atom. The molecule has 0 aromatic heterocycles. The van der Waals surface area contributed by atoms with E-state index in [1.165, 1.54) is 0 Å². The standard InChI is InChI=1S/C14H21NO3S/c1-14(2,15)10-19(16,17)9-11-7-8-18-13-6-4-3-5-12(11)13/h3-6,11H,7-10,15H2,1-2H3. The topological polar surface area (TPSA) is 69.4 Å². The fraction of sp³-hybridized carbons (Fsp3) is 0.571. The summed E-state index contributed by atoms with van der Waals surface area (Å²) in [4.78, 5) is 0. The summed E-state index contributed by atoms with van der Waals surface area (Å²) in [5.41, 5.74) is 6.12. The summed E-state index contributed by atoms with van der Waals surface area (Å²) < 4.78 is 30.0. The van der Waals surface area contributed by atoms with Crippen molar-refractivity contribution in [1.82, 2.24) is 0 Å². The van der Waals surface area contributed by atoms with Gasteiger partial charge < -0.3 is 10.5 Å². The van der Waals surface area contributed by atoms with Crippen LogP contribution in [0.3, 0.4) is 0 Å². The lowest BCUT2D eigenvalue weighted by atomic mass is 9.95. The van der Waals surface area contributed by atoms with E-state index >= 15 is 0 Å². The number of fused-ring (bicyclic) bond motifs is 1. The van der Waals surface area contributed by atoms with Crippen LogP contribution in [0.4, 0.5) is 0 Å². The van der Waals surface area contributed by atoms with Gasteiger partial charge in [0.1, 0.15) is 5.75 Å². The van der Waals surface area contributed by atoms with Crippen molar-refractivity contribution in [1.29, 1.82) is 0 Å². The lowest BCUT2D eigenvalue weighted by Crippen LogP contribution is -2.41. The highest BCUT2D eigenvalue weighted by Crippen LogP contribution is 2.34. The van der Waals surface area contributed by atoms with Gasteiger partial charge >= 0.3 is 0 Å². The van der Waals surface area contributed by atoms with Gasteiger partial charge in [-0.15, -0.1) is 0 Å². The van der Waals surface area contributed by atoms with E-state index in [9.17, 15) is 8.42 Å². The second kappa shape index (κ2) is 5.13. The van der Waals surface area contributed by atoms with Crippen LogP contribution in [0.25, 0.3) is 0 Å². The van der Waals surface area contributed by atoms with E-state index in [0.717, 1.165) is 17.7 Å². The SMILES string of the molecule is CC(C)(N)CS(=O)(=O)CC1CCOc2ccccc21. The summed E-state index contributed by atoms with van der Waals surface area (Å²) in [6.45, 7) is 4.05. The van der Waals surface area contributed by atoms with Crippen molar-refractivity contribution in [3.63, 3.8) is 0 Å². The zero-order chi connectivity index (χ0) is 14.1. The largest absolute Gasteiger partial charge is 0.493 e. The summed E-state index contributed by atoms with van der Waals surface area (Å²) in [6.07, 6.45) is 0.737. The molecule has 0 aliphatic carbocycles. The van der Waals surface area contributed by atoms with Gasteiger partial charge in [0.25, 0.3) is 0 Å². The Kier molecular flexibility index (Phi) is 3.87. The quantitative estimate of drug-likeness (QED) is 0.913. The highest BCUT2D eigenvalue weighted by molar-refractivity contribution is 7.91. The highest BCUT2D eigenvalue weighted by Gasteiger charge is 2.29. The molecule has 0 fully saturated rings. The molecule has 2 N–H and O–H groups in total. The molecule has 106 valence electrons. The van der Waals surface area contributed by atoms with Gasteiger partial charge in [-0.3, -0.25) is 0 Å². The molecule has 19 heavy (non-hydrogen) atoms. The lowest BCUT2D eigenvalue weighted by molar-refractivity contribution is 0.272. The Morgan fingerprint density at radius 1 is 1.37 bits per heavy atom. The predicted octanol–water partition coefficient (Wildman–Crippen LogP) is 1.70. The molecule has 0 saturated carbocycles. The van der Waals surface area contributed by atoms with Gasteiger partial charge in [-0.1, -0.05) is 18.2 Å². The average Bonchev–Trinajstić information content (AvgIpc) is 2.25. The molecular formula is C14H21NO3S. The van der Waals surface area contributed by atoms with Crippen molar-refractivity contribution in [2.75, 3.05) is 18.1 Å². The minimum Gasteiger partial charge on any atom is -0.493 e. The van der Waals surface area contributed by atoms with Crippen LogP contribution in [0.1, 0.15) is 31.7 Å². The van der Waals surface area contributed by atoms with Crippen LogP contribution >= 0.6 is 0 Å². The van der Waals surface area contributed by atoms with Crippen molar-refractivity contribution >= 4 is 9.84 Å². The van der Waals surface area contributed by atoms with Gasteiger partial charge in [0.05, 0.1) is 18.1 Å². The number of benzene rings is 1. The normalized spacial score (nSPS) is 19.6. The maximum Gasteiger partial charge on any atom is 0.152 e. The number of sulfone groups is 1. The fourth-order valence-electron chi connectivity index (χ4n) is 2.52. The summed E-state index contributed by atoms with van der Waals surface area (Å²) >= 11 is 0. The van der Waals surface area contributed by atoms with Crippen molar-refractivity contribution in [2.45, 2.75) is 31.7 Å². The maximum atomic E-state index is 12.2. The van der Waals surface area contributed by atoms with E-state index in [2.05, 4.69) is 0 Å². The first-order valence-corrected chi connectivity index (χ1v) is 8.30. The van der Waals surface area contributed by atoms with E-state index in [1.807, 2.05) is 24.3 Å². The Morgan fingerprint density at radius 2 is 2.05 bits per heavy atom. The second-order valence-corrected chi connectivity index (χ2v) is 8.02. The van der Waals surface area contributed by atoms with Gasteiger partial charge in [0.15, 0.2) is 9.84 Å². The molecule has 1 unspecified atom stereocenters. The molecule has 0 amide bonds. The van der Waals surface area contributed by atoms with E-state index in [0.29, 0.717) is 6.61 Å². The molecule has 1 atom stereocenters. The van der Waals surface area contributed by atoms with Crippen LogP contribution in [0.2, 0.25) is 0 Å². The Balaban J connectivity index is 2.17. The predicted molar refractivity (Wildman–Crippen MR) is 76.2 cm³/mol. The average molecular weight is 283 g/mol. The molecule has 1 aliphatic heterocycles. The van der Waals surface area contributed by atoms with Crippen LogP contribution < -0.4 is 10.5 Å².